The lowest BCUT2D eigenvalue weighted by molar-refractivity contribution is -0.132. The van der Waals surface area contributed by atoms with Crippen LogP contribution in [0.4, 0.5) is 0 Å². The zero-order valence-corrected chi connectivity index (χ0v) is 9.41. The average molecular weight is 178 g/mol. The van der Waals surface area contributed by atoms with E-state index in [1.54, 1.807) is 0 Å². The molecule has 52 valence electrons. The maximum absolute atomic E-state index is 10.4. The van der Waals surface area contributed by atoms with Crippen molar-refractivity contribution in [3.63, 3.8) is 0 Å². The molecule has 0 aromatic carbocycles. The molecule has 6 heteroatoms. The molecule has 0 bridgehead atoms. The van der Waals surface area contributed by atoms with Crippen molar-refractivity contribution < 1.29 is 13.3 Å². The fraction of sp³-hybridized carbons (Fsp3) is 0.667. The molecule has 1 aliphatic rings. The Hall–Kier alpha value is 0.0806. The monoisotopic (exact) mass is 178 g/mol. The third-order valence-electron chi connectivity index (χ3n) is 1.19. The number of carbonyl (C=O) groups excluding carboxylic acids is 1. The third kappa shape index (κ3) is 2.43. The minimum atomic E-state index is -1.29. The van der Waals surface area contributed by atoms with Gasteiger partial charge in [0.25, 0.3) is 5.97 Å². The molecule has 1 aliphatic heterocycles. The lowest BCUT2D eigenvalue weighted by atomic mass is 10.9. The normalized spacial score (nSPS) is 31.4. The summed E-state index contributed by atoms with van der Waals surface area (Å²) in [7, 11) is -1.54. The standard InChI is InChI=1S/C3H10O3Si3/c1-3(4)5-9-6-7-2-8-9/h9H,2,7-8H2,1H3. The van der Waals surface area contributed by atoms with Gasteiger partial charge in [-0.2, -0.15) is 0 Å². The van der Waals surface area contributed by atoms with E-state index < -0.39 is 8.80 Å². The molecule has 0 aromatic rings. The molecular weight excluding hydrogens is 168 g/mol. The second-order valence-corrected chi connectivity index (χ2v) is 12.0. The van der Waals surface area contributed by atoms with E-state index >= 15 is 0 Å². The summed E-state index contributed by atoms with van der Waals surface area (Å²) >= 11 is 0. The molecule has 0 radical (unpaired) electrons. The summed E-state index contributed by atoms with van der Waals surface area (Å²) in [4.78, 5) is 10.4. The van der Waals surface area contributed by atoms with Gasteiger partial charge in [-0.1, -0.05) is 0 Å². The average Bonchev–Trinajstić information content (AvgIpc) is 2.15. The lowest BCUT2D eigenvalue weighted by Crippen LogP contribution is -2.25. The maximum atomic E-state index is 10.4. The molecule has 1 saturated heterocycles. The fourth-order valence-corrected chi connectivity index (χ4v) is 16.0. The largest absolute Gasteiger partial charge is 0.501 e. The molecule has 3 nitrogen and oxygen atoms in total. The molecule has 0 amide bonds. The second kappa shape index (κ2) is 3.30. The topological polar surface area (TPSA) is 35.5 Å². The van der Waals surface area contributed by atoms with Gasteiger partial charge in [-0.25, -0.2) is 0 Å². The predicted octanol–water partition coefficient (Wildman–Crippen LogP) is -2.07. The highest BCUT2D eigenvalue weighted by Crippen LogP contribution is 1.98. The van der Waals surface area contributed by atoms with Crippen molar-refractivity contribution in [1.29, 1.82) is 0 Å². The summed E-state index contributed by atoms with van der Waals surface area (Å²) in [6.07, 6.45) is 0. The van der Waals surface area contributed by atoms with Crippen LogP contribution in [0.5, 0.6) is 0 Å². The minimum absolute atomic E-state index is 0.0503. The van der Waals surface area contributed by atoms with E-state index in [0.717, 1.165) is 0 Å². The van der Waals surface area contributed by atoms with Crippen LogP contribution in [0.1, 0.15) is 6.92 Å². The first-order valence-electron chi connectivity index (χ1n) is 3.08. The van der Waals surface area contributed by atoms with Gasteiger partial charge in [-0.15, -0.1) is 0 Å². The van der Waals surface area contributed by atoms with Gasteiger partial charge in [-0.3, -0.25) is 4.79 Å². The smallest absolute Gasteiger partial charge is 0.343 e. The molecule has 9 heavy (non-hydrogen) atoms. The van der Waals surface area contributed by atoms with E-state index in [2.05, 4.69) is 0 Å². The summed E-state index contributed by atoms with van der Waals surface area (Å²) in [6.45, 7) is 1.46. The van der Waals surface area contributed by atoms with Crippen molar-refractivity contribution in [2.24, 2.45) is 0 Å². The number of rotatable bonds is 1. The van der Waals surface area contributed by atoms with Crippen LogP contribution >= 0.6 is 0 Å². The summed E-state index contributed by atoms with van der Waals surface area (Å²) in [5, 5.41) is 0. The highest BCUT2D eigenvalue weighted by atomic mass is 29.2. The van der Waals surface area contributed by atoms with Gasteiger partial charge in [0, 0.05) is 6.92 Å². The molecule has 0 N–H and O–H groups in total. The second-order valence-electron chi connectivity index (χ2n) is 2.05. The Bertz CT molecular complexity index is 111. The highest BCUT2D eigenvalue weighted by Gasteiger charge is 2.21. The summed E-state index contributed by atoms with van der Waals surface area (Å²) < 4.78 is 10.3. The van der Waals surface area contributed by atoms with Crippen molar-refractivity contribution >= 4 is 33.6 Å². The van der Waals surface area contributed by atoms with Crippen LogP contribution in [-0.2, 0) is 13.3 Å². The first-order valence-corrected chi connectivity index (χ1v) is 9.86. The first-order chi connectivity index (χ1) is 4.29. The van der Waals surface area contributed by atoms with Crippen molar-refractivity contribution in [2.45, 2.75) is 12.6 Å². The highest BCUT2D eigenvalue weighted by molar-refractivity contribution is 7.12. The van der Waals surface area contributed by atoms with Crippen LogP contribution in [0.2, 0.25) is 5.67 Å². The van der Waals surface area contributed by atoms with E-state index in [1.165, 1.54) is 12.6 Å². The van der Waals surface area contributed by atoms with E-state index in [4.69, 9.17) is 8.54 Å². The van der Waals surface area contributed by atoms with Crippen molar-refractivity contribution in [3.8, 4) is 0 Å². The van der Waals surface area contributed by atoms with Gasteiger partial charge in [-0.05, 0) is 5.67 Å². The molecule has 1 atom stereocenters. The molecule has 0 aliphatic carbocycles. The summed E-state index contributed by atoms with van der Waals surface area (Å²) in [6, 6.07) is 0. The molecule has 1 fully saturated rings. The maximum Gasteiger partial charge on any atom is 0.343 e. The van der Waals surface area contributed by atoms with Gasteiger partial charge in [0.15, 0.2) is 0 Å². The van der Waals surface area contributed by atoms with Crippen molar-refractivity contribution in [2.75, 3.05) is 0 Å². The third-order valence-corrected chi connectivity index (χ3v) is 15.2. The van der Waals surface area contributed by atoms with Crippen LogP contribution in [0, 0.1) is 0 Å². The molecule has 1 rings (SSSR count). The van der Waals surface area contributed by atoms with Crippen molar-refractivity contribution in [3.05, 3.63) is 0 Å². The van der Waals surface area contributed by atoms with Crippen LogP contribution in [0.25, 0.3) is 0 Å². The Balaban J connectivity index is 2.19. The van der Waals surface area contributed by atoms with E-state index in [1.807, 2.05) is 0 Å². The Morgan fingerprint density at radius 3 is 3.11 bits per heavy atom. The van der Waals surface area contributed by atoms with Gasteiger partial charge in [0.05, 0.1) is 9.04 Å². The van der Waals surface area contributed by atoms with Crippen LogP contribution in [0.3, 0.4) is 0 Å². The molecular formula is C3H10O3Si3. The lowest BCUT2D eigenvalue weighted by Gasteiger charge is -2.06. The van der Waals surface area contributed by atoms with Gasteiger partial charge in [0.2, 0.25) is 0 Å². The Morgan fingerprint density at radius 1 is 1.89 bits per heavy atom. The Kier molecular flexibility index (Phi) is 2.64. The minimum Gasteiger partial charge on any atom is -0.501 e. The quantitative estimate of drug-likeness (QED) is 0.433. The van der Waals surface area contributed by atoms with Crippen LogP contribution in [-0.4, -0.2) is 33.6 Å². The molecule has 1 unspecified atom stereocenters. The van der Waals surface area contributed by atoms with E-state index in [0.29, 0.717) is 0 Å². The number of hydrogen-bond donors (Lipinski definition) is 0. The van der Waals surface area contributed by atoms with Gasteiger partial charge >= 0.3 is 8.80 Å². The van der Waals surface area contributed by atoms with Crippen LogP contribution in [0.15, 0.2) is 0 Å². The zero-order chi connectivity index (χ0) is 6.69. The van der Waals surface area contributed by atoms with Gasteiger partial charge in [0.1, 0.15) is 9.76 Å². The number of carbonyl (C=O) groups is 1. The number of hydrogen-bond acceptors (Lipinski definition) is 3. The predicted molar refractivity (Wildman–Crippen MR) is 41.9 cm³/mol. The SMILES string of the molecule is CC(=O)O[SiH]1O[SiH2]C[SiH2]1. The van der Waals surface area contributed by atoms with Crippen molar-refractivity contribution in [1.82, 2.24) is 0 Å². The van der Waals surface area contributed by atoms with Crippen LogP contribution < -0.4 is 0 Å². The molecule has 0 saturated carbocycles. The Morgan fingerprint density at radius 2 is 2.67 bits per heavy atom. The molecule has 0 spiro atoms. The summed E-state index contributed by atoms with van der Waals surface area (Å²) in [5.41, 5.74) is 1.34. The van der Waals surface area contributed by atoms with Gasteiger partial charge < -0.3 is 8.54 Å². The fourth-order valence-electron chi connectivity index (χ4n) is 0.826. The Labute approximate surface area is 60.1 Å². The van der Waals surface area contributed by atoms with E-state index in [9.17, 15) is 4.79 Å². The summed E-state index contributed by atoms with van der Waals surface area (Å²) in [5.74, 6) is -0.143. The molecule has 1 heterocycles. The zero-order valence-electron chi connectivity index (χ0n) is 5.42. The molecule has 0 aromatic heterocycles. The van der Waals surface area contributed by atoms with E-state index in [-0.39, 0.29) is 24.8 Å². The first kappa shape index (κ1) is 7.19.